The minimum atomic E-state index is -3.92. The standard InChI is InChI=1S/C19H20FN3O5S/c1-13-3-5-16(23(25)26)12-19(13)29(27,28)22-9-7-21(8-10-22)18-6-4-15(14(2)24)11-17(18)20/h3-6,11-12H,7-10H2,1-2H3. The van der Waals surface area contributed by atoms with E-state index < -0.39 is 20.8 Å². The van der Waals surface area contributed by atoms with Gasteiger partial charge in [-0.25, -0.2) is 12.8 Å². The molecule has 0 spiro atoms. The molecule has 10 heteroatoms. The van der Waals surface area contributed by atoms with Crippen molar-refractivity contribution in [2.24, 2.45) is 0 Å². The number of non-ortho nitro benzene ring substituents is 1. The van der Waals surface area contributed by atoms with Crippen LogP contribution >= 0.6 is 0 Å². The Balaban J connectivity index is 1.79. The average molecular weight is 421 g/mol. The lowest BCUT2D eigenvalue weighted by molar-refractivity contribution is -0.385. The predicted octanol–water partition coefficient (Wildman–Crippen LogP) is 2.76. The second-order valence-corrected chi connectivity index (χ2v) is 8.73. The molecule has 3 rings (SSSR count). The number of nitro groups is 1. The fourth-order valence-electron chi connectivity index (χ4n) is 3.27. The lowest BCUT2D eigenvalue weighted by atomic mass is 10.1. The summed E-state index contributed by atoms with van der Waals surface area (Å²) in [4.78, 5) is 23.3. The van der Waals surface area contributed by atoms with Crippen LogP contribution in [0.2, 0.25) is 0 Å². The Bertz CT molecular complexity index is 1080. The largest absolute Gasteiger partial charge is 0.367 e. The molecule has 0 atom stereocenters. The Morgan fingerprint density at radius 2 is 1.76 bits per heavy atom. The van der Waals surface area contributed by atoms with Gasteiger partial charge in [0.2, 0.25) is 10.0 Å². The number of carbonyl (C=O) groups is 1. The highest BCUT2D eigenvalue weighted by molar-refractivity contribution is 7.89. The summed E-state index contributed by atoms with van der Waals surface area (Å²) in [6, 6.07) is 7.97. The van der Waals surface area contributed by atoms with Crippen LogP contribution in [0.15, 0.2) is 41.3 Å². The molecule has 0 amide bonds. The first-order valence-electron chi connectivity index (χ1n) is 8.92. The van der Waals surface area contributed by atoms with E-state index in [1.165, 1.54) is 41.6 Å². The summed E-state index contributed by atoms with van der Waals surface area (Å²) < 4.78 is 41.6. The van der Waals surface area contributed by atoms with Gasteiger partial charge in [0.1, 0.15) is 5.82 Å². The highest BCUT2D eigenvalue weighted by atomic mass is 32.2. The zero-order valence-electron chi connectivity index (χ0n) is 16.0. The number of ketones is 1. The molecular formula is C19H20FN3O5S. The van der Waals surface area contributed by atoms with Crippen molar-refractivity contribution in [3.63, 3.8) is 0 Å². The van der Waals surface area contributed by atoms with Crippen LogP contribution in [0.4, 0.5) is 15.8 Å². The number of carbonyl (C=O) groups excluding carboxylic acids is 1. The van der Waals surface area contributed by atoms with E-state index in [9.17, 15) is 27.7 Å². The number of nitro benzene ring substituents is 1. The van der Waals surface area contributed by atoms with Crippen LogP contribution in [0.5, 0.6) is 0 Å². The fourth-order valence-corrected chi connectivity index (χ4v) is 4.94. The van der Waals surface area contributed by atoms with E-state index >= 15 is 0 Å². The van der Waals surface area contributed by atoms with Gasteiger partial charge in [-0.05, 0) is 37.6 Å². The van der Waals surface area contributed by atoms with Crippen molar-refractivity contribution in [3.05, 3.63) is 63.5 Å². The van der Waals surface area contributed by atoms with Crippen LogP contribution in [-0.4, -0.2) is 49.6 Å². The topological polar surface area (TPSA) is 101 Å². The van der Waals surface area contributed by atoms with E-state index in [2.05, 4.69) is 0 Å². The lowest BCUT2D eigenvalue weighted by Gasteiger charge is -2.35. The Hall–Kier alpha value is -2.85. The SMILES string of the molecule is CC(=O)c1ccc(N2CCN(S(=O)(=O)c3cc([N+](=O)[O-])ccc3C)CC2)c(F)c1. The molecule has 0 saturated carbocycles. The van der Waals surface area contributed by atoms with E-state index in [0.29, 0.717) is 11.3 Å². The van der Waals surface area contributed by atoms with Crippen molar-refractivity contribution in [1.82, 2.24) is 4.31 Å². The first-order valence-corrected chi connectivity index (χ1v) is 10.4. The molecule has 1 heterocycles. The van der Waals surface area contributed by atoms with Gasteiger partial charge in [-0.2, -0.15) is 4.31 Å². The monoisotopic (exact) mass is 421 g/mol. The van der Waals surface area contributed by atoms with Crippen molar-refractivity contribution in [2.45, 2.75) is 18.7 Å². The van der Waals surface area contributed by atoms with Gasteiger partial charge in [-0.1, -0.05) is 6.07 Å². The second kappa shape index (κ2) is 7.88. The fraction of sp³-hybridized carbons (Fsp3) is 0.316. The van der Waals surface area contributed by atoms with Gasteiger partial charge >= 0.3 is 0 Å². The highest BCUT2D eigenvalue weighted by Crippen LogP contribution is 2.27. The maximum absolute atomic E-state index is 14.4. The highest BCUT2D eigenvalue weighted by Gasteiger charge is 2.31. The van der Waals surface area contributed by atoms with Gasteiger partial charge in [0.05, 0.1) is 15.5 Å². The van der Waals surface area contributed by atoms with Gasteiger partial charge in [-0.15, -0.1) is 0 Å². The van der Waals surface area contributed by atoms with E-state index in [1.807, 2.05) is 0 Å². The zero-order valence-corrected chi connectivity index (χ0v) is 16.8. The van der Waals surface area contributed by atoms with Crippen molar-refractivity contribution < 1.29 is 22.5 Å². The predicted molar refractivity (Wildman–Crippen MR) is 105 cm³/mol. The molecule has 0 bridgehead atoms. The minimum Gasteiger partial charge on any atom is -0.367 e. The van der Waals surface area contributed by atoms with Gasteiger partial charge in [0, 0.05) is 43.9 Å². The maximum Gasteiger partial charge on any atom is 0.270 e. The lowest BCUT2D eigenvalue weighted by Crippen LogP contribution is -2.49. The molecule has 29 heavy (non-hydrogen) atoms. The molecule has 0 N–H and O–H groups in total. The smallest absolute Gasteiger partial charge is 0.270 e. The summed E-state index contributed by atoms with van der Waals surface area (Å²) in [5.41, 5.74) is 0.705. The average Bonchev–Trinajstić information content (AvgIpc) is 2.68. The summed E-state index contributed by atoms with van der Waals surface area (Å²) in [5.74, 6) is -0.776. The molecule has 1 aliphatic rings. The molecule has 1 fully saturated rings. The molecule has 154 valence electrons. The van der Waals surface area contributed by atoms with Crippen molar-refractivity contribution in [3.8, 4) is 0 Å². The Kier molecular flexibility index (Phi) is 5.67. The van der Waals surface area contributed by atoms with Gasteiger partial charge < -0.3 is 4.90 Å². The molecule has 2 aromatic carbocycles. The molecular weight excluding hydrogens is 401 g/mol. The number of benzene rings is 2. The number of anilines is 1. The number of halogens is 1. The molecule has 0 aliphatic carbocycles. The number of piperazine rings is 1. The number of sulfonamides is 1. The molecule has 1 saturated heterocycles. The summed E-state index contributed by atoms with van der Waals surface area (Å²) in [6.07, 6.45) is 0. The first-order chi connectivity index (χ1) is 13.6. The maximum atomic E-state index is 14.4. The quantitative estimate of drug-likeness (QED) is 0.418. The van der Waals surface area contributed by atoms with E-state index in [-0.39, 0.29) is 48.1 Å². The summed E-state index contributed by atoms with van der Waals surface area (Å²) in [5, 5.41) is 11.0. The van der Waals surface area contributed by atoms with E-state index in [1.54, 1.807) is 11.8 Å². The third kappa shape index (κ3) is 4.13. The minimum absolute atomic E-state index is 0.0999. The third-order valence-electron chi connectivity index (χ3n) is 4.93. The van der Waals surface area contributed by atoms with Crippen LogP contribution in [0.3, 0.4) is 0 Å². The van der Waals surface area contributed by atoms with Crippen molar-refractivity contribution >= 4 is 27.2 Å². The molecule has 2 aromatic rings. The van der Waals surface area contributed by atoms with Gasteiger partial charge in [0.15, 0.2) is 5.78 Å². The zero-order chi connectivity index (χ0) is 21.3. The number of hydrogen-bond acceptors (Lipinski definition) is 6. The van der Waals surface area contributed by atoms with Gasteiger partial charge in [0.25, 0.3) is 5.69 Å². The van der Waals surface area contributed by atoms with Crippen LogP contribution in [0.25, 0.3) is 0 Å². The van der Waals surface area contributed by atoms with Crippen LogP contribution < -0.4 is 4.90 Å². The molecule has 8 nitrogen and oxygen atoms in total. The summed E-state index contributed by atoms with van der Waals surface area (Å²) >= 11 is 0. The summed E-state index contributed by atoms with van der Waals surface area (Å²) in [7, 11) is -3.92. The van der Waals surface area contributed by atoms with Crippen molar-refractivity contribution in [2.75, 3.05) is 31.1 Å². The van der Waals surface area contributed by atoms with Crippen molar-refractivity contribution in [1.29, 1.82) is 0 Å². The second-order valence-electron chi connectivity index (χ2n) is 6.82. The van der Waals surface area contributed by atoms with Crippen LogP contribution in [-0.2, 0) is 10.0 Å². The molecule has 0 aromatic heterocycles. The van der Waals surface area contributed by atoms with Gasteiger partial charge in [-0.3, -0.25) is 14.9 Å². The normalized spacial score (nSPS) is 15.3. The number of rotatable bonds is 5. The number of hydrogen-bond donors (Lipinski definition) is 0. The third-order valence-corrected chi connectivity index (χ3v) is 6.97. The molecule has 1 aliphatic heterocycles. The van der Waals surface area contributed by atoms with Crippen LogP contribution in [0, 0.1) is 22.9 Å². The molecule has 0 radical (unpaired) electrons. The number of nitrogens with zero attached hydrogens (tertiary/aromatic N) is 3. The number of Topliss-reactive ketones (excluding diaryl/α,β-unsaturated/α-hetero) is 1. The number of aryl methyl sites for hydroxylation is 1. The van der Waals surface area contributed by atoms with E-state index in [4.69, 9.17) is 0 Å². The Morgan fingerprint density at radius 1 is 1.10 bits per heavy atom. The Morgan fingerprint density at radius 3 is 2.31 bits per heavy atom. The first kappa shape index (κ1) is 20.9. The summed E-state index contributed by atoms with van der Waals surface area (Å²) in [6.45, 7) is 3.66. The Labute approximate surface area is 167 Å². The molecule has 0 unspecified atom stereocenters. The van der Waals surface area contributed by atoms with Crippen LogP contribution in [0.1, 0.15) is 22.8 Å². The van der Waals surface area contributed by atoms with E-state index in [0.717, 1.165) is 6.07 Å².